The van der Waals surface area contributed by atoms with Crippen LogP contribution < -0.4 is 0 Å². The van der Waals surface area contributed by atoms with Crippen LogP contribution in [0.25, 0.3) is 0 Å². The molecule has 0 spiro atoms. The average Bonchev–Trinajstić information content (AvgIpc) is 2.60. The molecule has 152 valence electrons. The summed E-state index contributed by atoms with van der Waals surface area (Å²) in [6.45, 7) is 4.52. The molecule has 1 rings (SSSR count). The van der Waals surface area contributed by atoms with Gasteiger partial charge in [-0.2, -0.15) is 0 Å². The van der Waals surface area contributed by atoms with Gasteiger partial charge in [0.25, 0.3) is 0 Å². The van der Waals surface area contributed by atoms with Crippen molar-refractivity contribution in [2.24, 2.45) is 0 Å². The molecule has 0 unspecified atom stereocenters. The number of Topliss-reactive ketones (excluding diaryl/α,β-unsaturated/α-hetero) is 1. The maximum atomic E-state index is 12.6. The van der Waals surface area contributed by atoms with Gasteiger partial charge in [0.05, 0.1) is 18.6 Å². The van der Waals surface area contributed by atoms with Crippen molar-refractivity contribution in [1.82, 2.24) is 0 Å². The van der Waals surface area contributed by atoms with Gasteiger partial charge in [-0.05, 0) is 24.5 Å². The molecule has 0 heterocycles. The standard InChI is InChI=1S/C22H34O5/c1-3-5-7-8-9-10-11-12-19(24)22-17(14-18(23)16-20(22)25)15-21(26)27-13-6-4-2/h14,16,23,25H,3-13,15H2,1-2H3. The number of esters is 1. The van der Waals surface area contributed by atoms with E-state index in [1.807, 2.05) is 6.92 Å². The van der Waals surface area contributed by atoms with Gasteiger partial charge in [-0.15, -0.1) is 0 Å². The van der Waals surface area contributed by atoms with Gasteiger partial charge in [-0.3, -0.25) is 9.59 Å². The summed E-state index contributed by atoms with van der Waals surface area (Å²) in [5, 5.41) is 19.9. The van der Waals surface area contributed by atoms with Gasteiger partial charge in [-0.1, -0.05) is 58.8 Å². The van der Waals surface area contributed by atoms with Gasteiger partial charge >= 0.3 is 5.97 Å². The number of ketones is 1. The van der Waals surface area contributed by atoms with Crippen LogP contribution in [-0.2, 0) is 16.0 Å². The molecule has 1 aromatic carbocycles. The second-order valence-corrected chi connectivity index (χ2v) is 7.04. The first kappa shape index (κ1) is 23.0. The van der Waals surface area contributed by atoms with E-state index in [1.54, 1.807) is 0 Å². The normalized spacial score (nSPS) is 10.7. The van der Waals surface area contributed by atoms with Crippen LogP contribution in [0.3, 0.4) is 0 Å². The Kier molecular flexibility index (Phi) is 11.2. The van der Waals surface area contributed by atoms with E-state index in [4.69, 9.17) is 4.74 Å². The zero-order chi connectivity index (χ0) is 20.1. The van der Waals surface area contributed by atoms with E-state index in [-0.39, 0.29) is 29.3 Å². The fourth-order valence-corrected chi connectivity index (χ4v) is 3.03. The number of hydrogen-bond donors (Lipinski definition) is 2. The minimum atomic E-state index is -0.460. The SMILES string of the molecule is CCCCCCCCCC(=O)c1c(O)cc(O)cc1CC(=O)OCCCC. The number of rotatable bonds is 14. The number of phenolic OH excluding ortho intramolecular Hbond substituents is 2. The van der Waals surface area contributed by atoms with E-state index in [9.17, 15) is 19.8 Å². The Morgan fingerprint density at radius 1 is 0.889 bits per heavy atom. The van der Waals surface area contributed by atoms with Crippen molar-refractivity contribution in [2.45, 2.75) is 84.5 Å². The van der Waals surface area contributed by atoms with Crippen LogP contribution in [0.2, 0.25) is 0 Å². The number of carbonyl (C=O) groups excluding carboxylic acids is 2. The van der Waals surface area contributed by atoms with Gasteiger partial charge in [0.2, 0.25) is 0 Å². The van der Waals surface area contributed by atoms with Crippen LogP contribution in [0.5, 0.6) is 11.5 Å². The molecular weight excluding hydrogens is 344 g/mol. The second kappa shape index (κ2) is 13.2. The smallest absolute Gasteiger partial charge is 0.310 e. The highest BCUT2D eigenvalue weighted by Gasteiger charge is 2.20. The minimum absolute atomic E-state index is 0.131. The molecule has 0 saturated carbocycles. The summed E-state index contributed by atoms with van der Waals surface area (Å²) in [6, 6.07) is 2.50. The second-order valence-electron chi connectivity index (χ2n) is 7.04. The quantitative estimate of drug-likeness (QED) is 0.260. The van der Waals surface area contributed by atoms with Crippen LogP contribution in [0.4, 0.5) is 0 Å². The molecule has 1 aromatic rings. The van der Waals surface area contributed by atoms with Gasteiger partial charge in [0, 0.05) is 12.5 Å². The first-order valence-corrected chi connectivity index (χ1v) is 10.2. The van der Waals surface area contributed by atoms with Crippen molar-refractivity contribution in [2.75, 3.05) is 6.61 Å². The fraction of sp³-hybridized carbons (Fsp3) is 0.636. The van der Waals surface area contributed by atoms with Gasteiger partial charge in [-0.25, -0.2) is 0 Å². The highest BCUT2D eigenvalue weighted by molar-refractivity contribution is 6.01. The number of hydrogen-bond acceptors (Lipinski definition) is 5. The molecule has 0 radical (unpaired) electrons. The van der Waals surface area contributed by atoms with E-state index in [1.165, 1.54) is 31.7 Å². The largest absolute Gasteiger partial charge is 0.508 e. The van der Waals surface area contributed by atoms with Crippen molar-refractivity contribution in [3.8, 4) is 11.5 Å². The highest BCUT2D eigenvalue weighted by atomic mass is 16.5. The van der Waals surface area contributed by atoms with Crippen molar-refractivity contribution >= 4 is 11.8 Å². The first-order valence-electron chi connectivity index (χ1n) is 10.2. The zero-order valence-electron chi connectivity index (χ0n) is 16.8. The topological polar surface area (TPSA) is 83.8 Å². The summed E-state index contributed by atoms with van der Waals surface area (Å²) in [6.07, 6.45) is 9.59. The Morgan fingerprint density at radius 3 is 2.19 bits per heavy atom. The molecule has 5 nitrogen and oxygen atoms in total. The lowest BCUT2D eigenvalue weighted by atomic mass is 9.96. The van der Waals surface area contributed by atoms with E-state index < -0.39 is 5.97 Å². The Bertz CT molecular complexity index is 595. The number of unbranched alkanes of at least 4 members (excludes halogenated alkanes) is 7. The summed E-state index contributed by atoms with van der Waals surface area (Å²) in [5.41, 5.74) is 0.452. The summed E-state index contributed by atoms with van der Waals surface area (Å²) in [5.74, 6) is -1.11. The molecule has 0 aliphatic heterocycles. The number of carbonyl (C=O) groups is 2. The third-order valence-electron chi connectivity index (χ3n) is 4.57. The average molecular weight is 379 g/mol. The molecule has 0 aliphatic rings. The molecule has 0 bridgehead atoms. The molecule has 2 N–H and O–H groups in total. The Balaban J connectivity index is 2.64. The zero-order valence-corrected chi connectivity index (χ0v) is 16.8. The maximum absolute atomic E-state index is 12.6. The lowest BCUT2D eigenvalue weighted by Gasteiger charge is -2.12. The maximum Gasteiger partial charge on any atom is 0.310 e. The Morgan fingerprint density at radius 2 is 1.52 bits per heavy atom. The summed E-state index contributed by atoms with van der Waals surface area (Å²) < 4.78 is 5.13. The van der Waals surface area contributed by atoms with Gasteiger partial charge in [0.15, 0.2) is 5.78 Å². The van der Waals surface area contributed by atoms with E-state index >= 15 is 0 Å². The minimum Gasteiger partial charge on any atom is -0.508 e. The highest BCUT2D eigenvalue weighted by Crippen LogP contribution is 2.29. The van der Waals surface area contributed by atoms with Crippen LogP contribution in [0.15, 0.2) is 12.1 Å². The van der Waals surface area contributed by atoms with Crippen molar-refractivity contribution in [3.05, 3.63) is 23.3 Å². The third kappa shape index (κ3) is 8.94. The lowest BCUT2D eigenvalue weighted by Crippen LogP contribution is -2.13. The van der Waals surface area contributed by atoms with Crippen LogP contribution in [0.1, 0.15) is 94.0 Å². The van der Waals surface area contributed by atoms with Crippen LogP contribution >= 0.6 is 0 Å². The van der Waals surface area contributed by atoms with Crippen LogP contribution in [-0.4, -0.2) is 28.6 Å². The molecular formula is C22H34O5. The number of ether oxygens (including phenoxy) is 1. The van der Waals surface area contributed by atoms with E-state index in [2.05, 4.69) is 6.92 Å². The molecule has 0 atom stereocenters. The number of phenols is 2. The molecule has 0 aliphatic carbocycles. The van der Waals surface area contributed by atoms with Gasteiger partial charge in [0.1, 0.15) is 11.5 Å². The third-order valence-corrected chi connectivity index (χ3v) is 4.57. The first-order chi connectivity index (χ1) is 13.0. The predicted molar refractivity (Wildman–Crippen MR) is 106 cm³/mol. The number of benzene rings is 1. The molecule has 5 heteroatoms. The molecule has 27 heavy (non-hydrogen) atoms. The predicted octanol–water partition coefficient (Wildman–Crippen LogP) is 5.31. The van der Waals surface area contributed by atoms with Crippen molar-refractivity contribution in [3.63, 3.8) is 0 Å². The van der Waals surface area contributed by atoms with Crippen molar-refractivity contribution < 1.29 is 24.5 Å². The van der Waals surface area contributed by atoms with Crippen LogP contribution in [0, 0.1) is 0 Å². The lowest BCUT2D eigenvalue weighted by molar-refractivity contribution is -0.142. The molecule has 0 fully saturated rings. The summed E-state index contributed by atoms with van der Waals surface area (Å²) >= 11 is 0. The van der Waals surface area contributed by atoms with Gasteiger partial charge < -0.3 is 14.9 Å². The molecule has 0 aromatic heterocycles. The molecule has 0 amide bonds. The monoisotopic (exact) mass is 378 g/mol. The Labute approximate surface area is 162 Å². The van der Waals surface area contributed by atoms with E-state index in [0.29, 0.717) is 18.6 Å². The molecule has 0 saturated heterocycles. The van der Waals surface area contributed by atoms with E-state index in [0.717, 1.165) is 38.2 Å². The summed E-state index contributed by atoms with van der Waals surface area (Å²) in [7, 11) is 0. The summed E-state index contributed by atoms with van der Waals surface area (Å²) in [4.78, 5) is 24.6. The number of aromatic hydroxyl groups is 2. The van der Waals surface area contributed by atoms with Crippen molar-refractivity contribution in [1.29, 1.82) is 0 Å². The Hall–Kier alpha value is -2.04. The fourth-order valence-electron chi connectivity index (χ4n) is 3.03.